The molecule has 3 rings (SSSR count). The fourth-order valence-corrected chi connectivity index (χ4v) is 3.33. The third kappa shape index (κ3) is 2.96. The second-order valence-corrected chi connectivity index (χ2v) is 6.32. The van der Waals surface area contributed by atoms with Crippen molar-refractivity contribution in [3.8, 4) is 0 Å². The Kier molecular flexibility index (Phi) is 4.24. The number of benzene rings is 2. The SMILES string of the molecule is NNC(c1cc2cc(Cl)ccc2o1)c1ccc(Cl)cc1Br. The third-order valence-corrected chi connectivity index (χ3v) is 4.38. The quantitative estimate of drug-likeness (QED) is 0.489. The molecule has 0 aliphatic carbocycles. The number of nitrogens with one attached hydrogen (secondary N) is 1. The van der Waals surface area contributed by atoms with Gasteiger partial charge in [0.15, 0.2) is 0 Å². The zero-order valence-electron chi connectivity index (χ0n) is 10.7. The summed E-state index contributed by atoms with van der Waals surface area (Å²) >= 11 is 15.5. The molecule has 0 bridgehead atoms. The molecule has 1 atom stereocenters. The first-order valence-corrected chi connectivity index (χ1v) is 7.73. The number of nitrogens with two attached hydrogens (primary N) is 1. The van der Waals surface area contributed by atoms with Crippen molar-refractivity contribution >= 4 is 50.1 Å². The average molecular weight is 386 g/mol. The molecule has 0 fully saturated rings. The lowest BCUT2D eigenvalue weighted by Crippen LogP contribution is -2.28. The van der Waals surface area contributed by atoms with Gasteiger partial charge in [-0.25, -0.2) is 5.43 Å². The highest BCUT2D eigenvalue weighted by atomic mass is 79.9. The average Bonchev–Trinajstić information content (AvgIpc) is 2.84. The van der Waals surface area contributed by atoms with Crippen molar-refractivity contribution in [1.29, 1.82) is 0 Å². The van der Waals surface area contributed by atoms with Gasteiger partial charge in [-0.15, -0.1) is 0 Å². The number of rotatable bonds is 3. The van der Waals surface area contributed by atoms with Crippen molar-refractivity contribution in [1.82, 2.24) is 5.43 Å². The predicted molar refractivity (Wildman–Crippen MR) is 89.5 cm³/mol. The van der Waals surface area contributed by atoms with Crippen LogP contribution in [0.3, 0.4) is 0 Å². The maximum Gasteiger partial charge on any atom is 0.134 e. The van der Waals surface area contributed by atoms with Crippen molar-refractivity contribution in [2.24, 2.45) is 5.84 Å². The van der Waals surface area contributed by atoms with E-state index in [1.165, 1.54) is 0 Å². The topological polar surface area (TPSA) is 51.2 Å². The summed E-state index contributed by atoms with van der Waals surface area (Å²) in [4.78, 5) is 0. The minimum atomic E-state index is -0.289. The van der Waals surface area contributed by atoms with E-state index >= 15 is 0 Å². The second-order valence-electron chi connectivity index (χ2n) is 4.60. The monoisotopic (exact) mass is 384 g/mol. The molecule has 0 aliphatic rings. The van der Waals surface area contributed by atoms with E-state index in [0.717, 1.165) is 21.0 Å². The molecule has 0 spiro atoms. The van der Waals surface area contributed by atoms with Gasteiger partial charge in [-0.1, -0.05) is 45.2 Å². The molecule has 2 aromatic carbocycles. The summed E-state index contributed by atoms with van der Waals surface area (Å²) in [5, 5.41) is 2.25. The molecule has 1 unspecified atom stereocenters. The van der Waals surface area contributed by atoms with Crippen molar-refractivity contribution in [2.45, 2.75) is 6.04 Å². The van der Waals surface area contributed by atoms with E-state index < -0.39 is 0 Å². The number of hydrogen-bond donors (Lipinski definition) is 2. The molecule has 108 valence electrons. The summed E-state index contributed by atoms with van der Waals surface area (Å²) in [7, 11) is 0. The van der Waals surface area contributed by atoms with Crippen LogP contribution in [0, 0.1) is 0 Å². The standard InChI is InChI=1S/C15H11BrCl2N2O/c16-12-7-10(18)1-3-11(12)15(20-19)14-6-8-5-9(17)2-4-13(8)21-14/h1-7,15,20H,19H2. The Balaban J connectivity index is 2.09. The van der Waals surface area contributed by atoms with Crippen LogP contribution in [0.15, 0.2) is 51.4 Å². The lowest BCUT2D eigenvalue weighted by atomic mass is 10.1. The molecule has 0 amide bonds. The molecule has 6 heteroatoms. The first kappa shape index (κ1) is 14.9. The maximum atomic E-state index is 6.00. The summed E-state index contributed by atoms with van der Waals surface area (Å²) in [5.74, 6) is 6.41. The van der Waals surface area contributed by atoms with Gasteiger partial charge < -0.3 is 4.42 Å². The van der Waals surface area contributed by atoms with Gasteiger partial charge in [0.1, 0.15) is 17.4 Å². The summed E-state index contributed by atoms with van der Waals surface area (Å²) in [5.41, 5.74) is 4.47. The number of hydrazine groups is 1. The maximum absolute atomic E-state index is 6.00. The van der Waals surface area contributed by atoms with Crippen molar-refractivity contribution < 1.29 is 4.42 Å². The van der Waals surface area contributed by atoms with Gasteiger partial charge in [-0.3, -0.25) is 5.84 Å². The largest absolute Gasteiger partial charge is 0.459 e. The van der Waals surface area contributed by atoms with Gasteiger partial charge in [0.05, 0.1) is 0 Å². The van der Waals surface area contributed by atoms with E-state index in [2.05, 4.69) is 21.4 Å². The van der Waals surface area contributed by atoms with Crippen LogP contribution in [-0.4, -0.2) is 0 Å². The van der Waals surface area contributed by atoms with E-state index in [1.54, 1.807) is 6.07 Å². The first-order chi connectivity index (χ1) is 10.1. The van der Waals surface area contributed by atoms with E-state index in [9.17, 15) is 0 Å². The highest BCUT2D eigenvalue weighted by molar-refractivity contribution is 9.10. The van der Waals surface area contributed by atoms with Crippen LogP contribution in [0.4, 0.5) is 0 Å². The minimum absolute atomic E-state index is 0.289. The Morgan fingerprint density at radius 3 is 2.48 bits per heavy atom. The van der Waals surface area contributed by atoms with Gasteiger partial charge in [0.25, 0.3) is 0 Å². The zero-order chi connectivity index (χ0) is 15.0. The predicted octanol–water partition coefficient (Wildman–Crippen LogP) is 5.05. The molecule has 0 saturated heterocycles. The molecule has 0 radical (unpaired) electrons. The molecular formula is C15H11BrCl2N2O. The van der Waals surface area contributed by atoms with Crippen molar-refractivity contribution in [3.63, 3.8) is 0 Å². The third-order valence-electron chi connectivity index (χ3n) is 3.22. The molecule has 3 N–H and O–H groups in total. The Hall–Kier alpha value is -1.04. The van der Waals surface area contributed by atoms with Crippen LogP contribution in [0.2, 0.25) is 10.0 Å². The fourth-order valence-electron chi connectivity index (χ4n) is 2.24. The number of furan rings is 1. The van der Waals surface area contributed by atoms with E-state index in [0.29, 0.717) is 15.8 Å². The minimum Gasteiger partial charge on any atom is -0.459 e. The van der Waals surface area contributed by atoms with Gasteiger partial charge in [0.2, 0.25) is 0 Å². The summed E-state index contributed by atoms with van der Waals surface area (Å²) in [6, 6.07) is 12.7. The van der Waals surface area contributed by atoms with Crippen LogP contribution in [0.25, 0.3) is 11.0 Å². The molecule has 3 aromatic rings. The van der Waals surface area contributed by atoms with Crippen LogP contribution in [-0.2, 0) is 0 Å². The van der Waals surface area contributed by atoms with Crippen LogP contribution in [0.1, 0.15) is 17.4 Å². The molecular weight excluding hydrogens is 375 g/mol. The van der Waals surface area contributed by atoms with Crippen LogP contribution < -0.4 is 11.3 Å². The summed E-state index contributed by atoms with van der Waals surface area (Å²) in [6.45, 7) is 0. The molecule has 1 aromatic heterocycles. The Labute approximate surface area is 140 Å². The second kappa shape index (κ2) is 5.99. The number of halogens is 3. The molecule has 0 aliphatic heterocycles. The molecule has 21 heavy (non-hydrogen) atoms. The molecule has 3 nitrogen and oxygen atoms in total. The van der Waals surface area contributed by atoms with Gasteiger partial charge in [-0.05, 0) is 42.0 Å². The first-order valence-electron chi connectivity index (χ1n) is 6.18. The summed E-state index contributed by atoms with van der Waals surface area (Å²) in [6.07, 6.45) is 0. The fraction of sp³-hybridized carbons (Fsp3) is 0.0667. The van der Waals surface area contributed by atoms with E-state index in [1.807, 2.05) is 36.4 Å². The lowest BCUT2D eigenvalue weighted by Gasteiger charge is -2.15. The number of fused-ring (bicyclic) bond motifs is 1. The highest BCUT2D eigenvalue weighted by Crippen LogP contribution is 2.33. The number of hydrogen-bond acceptors (Lipinski definition) is 3. The zero-order valence-corrected chi connectivity index (χ0v) is 13.8. The Morgan fingerprint density at radius 2 is 1.76 bits per heavy atom. The molecule has 0 saturated carbocycles. The molecule has 1 heterocycles. The van der Waals surface area contributed by atoms with Crippen LogP contribution in [0.5, 0.6) is 0 Å². The van der Waals surface area contributed by atoms with Gasteiger partial charge >= 0.3 is 0 Å². The highest BCUT2D eigenvalue weighted by Gasteiger charge is 2.20. The smallest absolute Gasteiger partial charge is 0.134 e. The summed E-state index contributed by atoms with van der Waals surface area (Å²) < 4.78 is 6.72. The Bertz CT molecular complexity index is 803. The van der Waals surface area contributed by atoms with E-state index in [-0.39, 0.29) is 6.04 Å². The van der Waals surface area contributed by atoms with E-state index in [4.69, 9.17) is 33.5 Å². The Morgan fingerprint density at radius 1 is 1.05 bits per heavy atom. The van der Waals surface area contributed by atoms with Crippen LogP contribution >= 0.6 is 39.1 Å². The van der Waals surface area contributed by atoms with Crippen molar-refractivity contribution in [2.75, 3.05) is 0 Å². The normalized spacial score (nSPS) is 12.8. The van der Waals surface area contributed by atoms with Gasteiger partial charge in [0, 0.05) is 19.9 Å². The van der Waals surface area contributed by atoms with Gasteiger partial charge in [-0.2, -0.15) is 0 Å². The lowest BCUT2D eigenvalue weighted by molar-refractivity contribution is 0.476. The van der Waals surface area contributed by atoms with Crippen molar-refractivity contribution in [3.05, 3.63) is 68.3 Å².